The third-order valence-electron chi connectivity index (χ3n) is 2.53. The fourth-order valence-electron chi connectivity index (χ4n) is 1.68. The Labute approximate surface area is 113 Å². The first kappa shape index (κ1) is 13.7. The molecule has 1 aromatic carbocycles. The monoisotopic (exact) mass is 277 g/mol. The van der Waals surface area contributed by atoms with Crippen LogP contribution < -0.4 is 0 Å². The number of carbonyl (C=O) groups excluding carboxylic acids is 1. The summed E-state index contributed by atoms with van der Waals surface area (Å²) >= 11 is 0. The van der Waals surface area contributed by atoms with Crippen LogP contribution in [-0.2, 0) is 4.74 Å². The minimum Gasteiger partial charge on any atom is -0.459 e. The van der Waals surface area contributed by atoms with Gasteiger partial charge in [-0.1, -0.05) is 12.1 Å². The summed E-state index contributed by atoms with van der Waals surface area (Å²) in [6.07, 6.45) is 0. The van der Waals surface area contributed by atoms with Crippen LogP contribution in [0.15, 0.2) is 22.6 Å². The largest absolute Gasteiger partial charge is 0.459 e. The second kappa shape index (κ2) is 5.47. The van der Waals surface area contributed by atoms with Crippen LogP contribution >= 0.6 is 0 Å². The molecule has 20 heavy (non-hydrogen) atoms. The Kier molecular flexibility index (Phi) is 3.74. The zero-order chi connectivity index (χ0) is 14.7. The molecule has 0 saturated carbocycles. The SMILES string of the molecule is CCOC(=O)c1nnc(-c2cccc(C)c2[N+](=O)[O-])o1. The number of aryl methyl sites for hydroxylation is 1. The van der Waals surface area contributed by atoms with E-state index in [0.29, 0.717) is 5.56 Å². The molecule has 0 spiro atoms. The Morgan fingerprint density at radius 3 is 2.85 bits per heavy atom. The molecule has 0 amide bonds. The van der Waals surface area contributed by atoms with Crippen molar-refractivity contribution in [3.63, 3.8) is 0 Å². The molecular formula is C12H11N3O5. The molecule has 0 N–H and O–H groups in total. The number of esters is 1. The van der Waals surface area contributed by atoms with Crippen molar-refractivity contribution in [3.8, 4) is 11.5 Å². The van der Waals surface area contributed by atoms with Crippen molar-refractivity contribution in [3.05, 3.63) is 39.8 Å². The third kappa shape index (κ3) is 2.48. The highest BCUT2D eigenvalue weighted by atomic mass is 16.6. The Hall–Kier alpha value is -2.77. The maximum atomic E-state index is 11.4. The predicted octanol–water partition coefficient (Wildman–Crippen LogP) is 2.13. The number of benzene rings is 1. The number of hydrogen-bond donors (Lipinski definition) is 0. The van der Waals surface area contributed by atoms with E-state index in [2.05, 4.69) is 10.2 Å². The summed E-state index contributed by atoms with van der Waals surface area (Å²) in [7, 11) is 0. The van der Waals surface area contributed by atoms with E-state index in [9.17, 15) is 14.9 Å². The molecule has 8 nitrogen and oxygen atoms in total. The van der Waals surface area contributed by atoms with Gasteiger partial charge >= 0.3 is 11.9 Å². The van der Waals surface area contributed by atoms with E-state index >= 15 is 0 Å². The van der Waals surface area contributed by atoms with Gasteiger partial charge in [0.2, 0.25) is 0 Å². The number of para-hydroxylation sites is 1. The van der Waals surface area contributed by atoms with Crippen LogP contribution in [0, 0.1) is 17.0 Å². The van der Waals surface area contributed by atoms with Crippen LogP contribution in [-0.4, -0.2) is 27.7 Å². The number of nitro groups is 1. The van der Waals surface area contributed by atoms with E-state index in [0.717, 1.165) is 0 Å². The second-order valence-corrected chi connectivity index (χ2v) is 3.86. The second-order valence-electron chi connectivity index (χ2n) is 3.86. The highest BCUT2D eigenvalue weighted by Gasteiger charge is 2.24. The van der Waals surface area contributed by atoms with Gasteiger partial charge in [-0.25, -0.2) is 4.79 Å². The van der Waals surface area contributed by atoms with Crippen molar-refractivity contribution >= 4 is 11.7 Å². The lowest BCUT2D eigenvalue weighted by Gasteiger charge is -2.00. The fourth-order valence-corrected chi connectivity index (χ4v) is 1.68. The van der Waals surface area contributed by atoms with Crippen LogP contribution in [0.1, 0.15) is 23.2 Å². The molecule has 8 heteroatoms. The highest BCUT2D eigenvalue weighted by Crippen LogP contribution is 2.31. The molecule has 0 bridgehead atoms. The number of hydrogen-bond acceptors (Lipinski definition) is 7. The maximum absolute atomic E-state index is 11.4. The minimum atomic E-state index is -0.762. The summed E-state index contributed by atoms with van der Waals surface area (Å²) < 4.78 is 9.84. The average molecular weight is 277 g/mol. The summed E-state index contributed by atoms with van der Waals surface area (Å²) in [5.74, 6) is -1.19. The standard InChI is InChI=1S/C12H11N3O5/c1-3-19-12(16)11-14-13-10(20-11)8-6-4-5-7(2)9(8)15(17)18/h4-6H,3H2,1-2H3. The van der Waals surface area contributed by atoms with Gasteiger partial charge in [-0.15, -0.1) is 10.2 Å². The van der Waals surface area contributed by atoms with Gasteiger partial charge in [0.25, 0.3) is 11.6 Å². The number of aromatic nitrogens is 2. The van der Waals surface area contributed by atoms with E-state index in [-0.39, 0.29) is 29.6 Å². The molecule has 2 rings (SSSR count). The van der Waals surface area contributed by atoms with Crippen molar-refractivity contribution in [2.45, 2.75) is 13.8 Å². The Morgan fingerprint density at radius 1 is 1.45 bits per heavy atom. The van der Waals surface area contributed by atoms with Crippen molar-refractivity contribution in [2.24, 2.45) is 0 Å². The first-order chi connectivity index (χ1) is 9.54. The molecule has 1 aromatic heterocycles. The van der Waals surface area contributed by atoms with E-state index in [4.69, 9.17) is 9.15 Å². The molecular weight excluding hydrogens is 266 g/mol. The molecule has 0 aliphatic rings. The van der Waals surface area contributed by atoms with Gasteiger partial charge < -0.3 is 9.15 Å². The molecule has 0 radical (unpaired) electrons. The number of carbonyl (C=O) groups is 1. The van der Waals surface area contributed by atoms with Crippen molar-refractivity contribution in [2.75, 3.05) is 6.61 Å². The highest BCUT2D eigenvalue weighted by molar-refractivity contribution is 5.84. The Bertz CT molecular complexity index is 665. The normalized spacial score (nSPS) is 10.3. The summed E-state index contributed by atoms with van der Waals surface area (Å²) in [4.78, 5) is 22.0. The maximum Gasteiger partial charge on any atom is 0.396 e. The fraction of sp³-hybridized carbons (Fsp3) is 0.250. The molecule has 0 unspecified atom stereocenters. The lowest BCUT2D eigenvalue weighted by molar-refractivity contribution is -0.384. The first-order valence-corrected chi connectivity index (χ1v) is 5.79. The topological polar surface area (TPSA) is 108 Å². The predicted molar refractivity (Wildman–Crippen MR) is 67.1 cm³/mol. The smallest absolute Gasteiger partial charge is 0.396 e. The quantitative estimate of drug-likeness (QED) is 0.478. The first-order valence-electron chi connectivity index (χ1n) is 5.79. The van der Waals surface area contributed by atoms with E-state index in [1.807, 2.05) is 0 Å². The summed E-state index contributed by atoms with van der Waals surface area (Å²) in [6, 6.07) is 4.71. The Morgan fingerprint density at radius 2 is 2.20 bits per heavy atom. The van der Waals surface area contributed by atoms with E-state index in [1.54, 1.807) is 26.0 Å². The van der Waals surface area contributed by atoms with Crippen molar-refractivity contribution in [1.29, 1.82) is 0 Å². The van der Waals surface area contributed by atoms with Gasteiger partial charge in [-0.05, 0) is 19.9 Å². The molecule has 1 heterocycles. The van der Waals surface area contributed by atoms with Crippen LogP contribution in [0.5, 0.6) is 0 Å². The molecule has 0 fully saturated rings. The van der Waals surface area contributed by atoms with Crippen molar-refractivity contribution in [1.82, 2.24) is 10.2 Å². The van der Waals surface area contributed by atoms with Crippen LogP contribution in [0.25, 0.3) is 11.5 Å². The molecule has 2 aromatic rings. The molecule has 0 aliphatic heterocycles. The summed E-state index contributed by atoms with van der Waals surface area (Å²) in [6.45, 7) is 3.41. The molecule has 0 atom stereocenters. The number of nitro benzene ring substituents is 1. The summed E-state index contributed by atoms with van der Waals surface area (Å²) in [5, 5.41) is 18.3. The molecule has 0 saturated heterocycles. The van der Waals surface area contributed by atoms with Crippen LogP contribution in [0.4, 0.5) is 5.69 Å². The van der Waals surface area contributed by atoms with Gasteiger partial charge in [0.1, 0.15) is 5.56 Å². The molecule has 0 aliphatic carbocycles. The lowest BCUT2D eigenvalue weighted by Crippen LogP contribution is -2.04. The van der Waals surface area contributed by atoms with Gasteiger partial charge in [-0.2, -0.15) is 0 Å². The van der Waals surface area contributed by atoms with E-state index < -0.39 is 10.9 Å². The zero-order valence-corrected chi connectivity index (χ0v) is 10.8. The summed E-state index contributed by atoms with van der Waals surface area (Å²) in [5.41, 5.74) is 0.494. The molecule has 104 valence electrons. The minimum absolute atomic E-state index is 0.0940. The van der Waals surface area contributed by atoms with E-state index in [1.165, 1.54) is 6.07 Å². The average Bonchev–Trinajstić information content (AvgIpc) is 2.87. The van der Waals surface area contributed by atoms with Gasteiger partial charge in [0, 0.05) is 5.56 Å². The number of ether oxygens (including phenoxy) is 1. The zero-order valence-electron chi connectivity index (χ0n) is 10.8. The van der Waals surface area contributed by atoms with Gasteiger partial charge in [-0.3, -0.25) is 10.1 Å². The van der Waals surface area contributed by atoms with Crippen LogP contribution in [0.3, 0.4) is 0 Å². The third-order valence-corrected chi connectivity index (χ3v) is 2.53. The van der Waals surface area contributed by atoms with Crippen molar-refractivity contribution < 1.29 is 18.9 Å². The Balaban J connectivity index is 2.45. The van der Waals surface area contributed by atoms with Crippen LogP contribution in [0.2, 0.25) is 0 Å². The van der Waals surface area contributed by atoms with Gasteiger partial charge in [0.05, 0.1) is 11.5 Å². The number of nitrogens with zero attached hydrogens (tertiary/aromatic N) is 3. The van der Waals surface area contributed by atoms with Gasteiger partial charge in [0.15, 0.2) is 0 Å². The number of rotatable bonds is 4. The lowest BCUT2D eigenvalue weighted by atomic mass is 10.1.